The topological polar surface area (TPSA) is 110 Å². The molecule has 2 saturated heterocycles. The summed E-state index contributed by atoms with van der Waals surface area (Å²) >= 11 is 0. The summed E-state index contributed by atoms with van der Waals surface area (Å²) in [5, 5.41) is 11.6. The SMILES string of the molecule is N#Cc1cccnc1N1CCCN(C(=O)CN2C(=O)CNC2=O)CC1. The number of urea groups is 1. The van der Waals surface area contributed by atoms with Gasteiger partial charge in [0.05, 0.1) is 12.1 Å². The van der Waals surface area contributed by atoms with Gasteiger partial charge in [-0.15, -0.1) is 0 Å². The molecule has 3 heterocycles. The molecule has 0 spiro atoms. The number of hydrogen-bond donors (Lipinski definition) is 1. The van der Waals surface area contributed by atoms with Crippen molar-refractivity contribution in [2.24, 2.45) is 0 Å². The largest absolute Gasteiger partial charge is 0.354 e. The highest BCUT2D eigenvalue weighted by Crippen LogP contribution is 2.18. The maximum absolute atomic E-state index is 12.4. The molecule has 0 saturated carbocycles. The Morgan fingerprint density at radius 1 is 1.28 bits per heavy atom. The van der Waals surface area contributed by atoms with E-state index in [1.807, 2.05) is 4.90 Å². The van der Waals surface area contributed by atoms with Crippen LogP contribution in [-0.2, 0) is 9.59 Å². The number of carbonyl (C=O) groups is 3. The zero-order valence-corrected chi connectivity index (χ0v) is 13.6. The van der Waals surface area contributed by atoms with E-state index in [0.717, 1.165) is 4.90 Å². The molecule has 0 unspecified atom stereocenters. The number of rotatable bonds is 3. The van der Waals surface area contributed by atoms with E-state index < -0.39 is 6.03 Å². The van der Waals surface area contributed by atoms with E-state index in [1.165, 1.54) is 0 Å². The highest BCUT2D eigenvalue weighted by Gasteiger charge is 2.32. The van der Waals surface area contributed by atoms with Crippen LogP contribution in [0, 0.1) is 11.3 Å². The van der Waals surface area contributed by atoms with Crippen LogP contribution in [0.3, 0.4) is 0 Å². The van der Waals surface area contributed by atoms with Gasteiger partial charge in [-0.2, -0.15) is 5.26 Å². The summed E-state index contributed by atoms with van der Waals surface area (Å²) in [6, 6.07) is 5.04. The molecule has 0 radical (unpaired) electrons. The van der Waals surface area contributed by atoms with Crippen molar-refractivity contribution in [2.45, 2.75) is 6.42 Å². The van der Waals surface area contributed by atoms with Gasteiger partial charge in [-0.05, 0) is 18.6 Å². The molecule has 2 aliphatic heterocycles. The van der Waals surface area contributed by atoms with Crippen LogP contribution in [0.15, 0.2) is 18.3 Å². The van der Waals surface area contributed by atoms with Gasteiger partial charge in [-0.25, -0.2) is 9.78 Å². The van der Waals surface area contributed by atoms with E-state index in [1.54, 1.807) is 23.2 Å². The molecule has 0 aromatic carbocycles. The van der Waals surface area contributed by atoms with Gasteiger partial charge >= 0.3 is 6.03 Å². The standard InChI is InChI=1S/C16H18N6O3/c17-9-12-3-1-4-18-15(12)21-6-2-5-20(7-8-21)14(24)11-22-13(23)10-19-16(22)25/h1,3-4H,2,5-8,10-11H2,(H,19,25). The Kier molecular flexibility index (Phi) is 4.79. The molecule has 2 aliphatic rings. The van der Waals surface area contributed by atoms with E-state index >= 15 is 0 Å². The molecule has 1 aromatic heterocycles. The summed E-state index contributed by atoms with van der Waals surface area (Å²) in [5.41, 5.74) is 0.501. The number of nitrogens with one attached hydrogen (secondary N) is 1. The average Bonchev–Trinajstić information content (AvgIpc) is 2.83. The van der Waals surface area contributed by atoms with Crippen LogP contribution in [0.5, 0.6) is 0 Å². The first-order chi connectivity index (χ1) is 12.1. The van der Waals surface area contributed by atoms with Crippen molar-refractivity contribution in [3.8, 4) is 6.07 Å². The maximum atomic E-state index is 12.4. The lowest BCUT2D eigenvalue weighted by Gasteiger charge is -2.24. The molecular formula is C16H18N6O3. The minimum absolute atomic E-state index is 0.0590. The van der Waals surface area contributed by atoms with Crippen molar-refractivity contribution in [1.29, 1.82) is 5.26 Å². The second-order valence-electron chi connectivity index (χ2n) is 5.85. The monoisotopic (exact) mass is 342 g/mol. The van der Waals surface area contributed by atoms with Crippen molar-refractivity contribution in [1.82, 2.24) is 20.1 Å². The van der Waals surface area contributed by atoms with Crippen molar-refractivity contribution in [3.05, 3.63) is 23.9 Å². The van der Waals surface area contributed by atoms with E-state index in [9.17, 15) is 19.6 Å². The molecule has 1 N–H and O–H groups in total. The van der Waals surface area contributed by atoms with Crippen molar-refractivity contribution in [2.75, 3.05) is 44.2 Å². The number of imide groups is 1. The summed E-state index contributed by atoms with van der Waals surface area (Å²) in [4.78, 5) is 44.4. The van der Waals surface area contributed by atoms with Crippen molar-refractivity contribution >= 4 is 23.7 Å². The molecule has 0 bridgehead atoms. The normalized spacial score (nSPS) is 18.0. The summed E-state index contributed by atoms with van der Waals surface area (Å²) in [6.45, 7) is 1.90. The zero-order valence-electron chi connectivity index (χ0n) is 13.6. The van der Waals surface area contributed by atoms with Crippen LogP contribution in [0.1, 0.15) is 12.0 Å². The minimum Gasteiger partial charge on any atom is -0.354 e. The van der Waals surface area contributed by atoms with Crippen molar-refractivity contribution in [3.63, 3.8) is 0 Å². The smallest absolute Gasteiger partial charge is 0.325 e. The first kappa shape index (κ1) is 16.7. The summed E-state index contributed by atoms with van der Waals surface area (Å²) in [5.74, 6) is -0.0240. The van der Waals surface area contributed by atoms with Crippen molar-refractivity contribution < 1.29 is 14.4 Å². The highest BCUT2D eigenvalue weighted by molar-refractivity contribution is 6.04. The van der Waals surface area contributed by atoms with Gasteiger partial charge < -0.3 is 15.1 Å². The average molecular weight is 342 g/mol. The molecule has 0 atom stereocenters. The van der Waals surface area contributed by atoms with Crippen LogP contribution in [0.2, 0.25) is 0 Å². The lowest BCUT2D eigenvalue weighted by molar-refractivity contribution is -0.136. The first-order valence-electron chi connectivity index (χ1n) is 8.06. The summed E-state index contributed by atoms with van der Waals surface area (Å²) in [7, 11) is 0. The predicted octanol–water partition coefficient (Wildman–Crippen LogP) is -0.456. The van der Waals surface area contributed by atoms with E-state index in [2.05, 4.69) is 16.4 Å². The van der Waals surface area contributed by atoms with Crippen LogP contribution in [0.25, 0.3) is 0 Å². The van der Waals surface area contributed by atoms with Crippen LogP contribution in [0.4, 0.5) is 10.6 Å². The molecule has 4 amide bonds. The summed E-state index contributed by atoms with van der Waals surface area (Å²) in [6.07, 6.45) is 2.36. The molecule has 0 aliphatic carbocycles. The molecule has 2 fully saturated rings. The molecule has 1 aromatic rings. The number of aromatic nitrogens is 1. The Morgan fingerprint density at radius 3 is 2.84 bits per heavy atom. The minimum atomic E-state index is -0.526. The Hall–Kier alpha value is -3.15. The molecule has 9 heteroatoms. The second-order valence-corrected chi connectivity index (χ2v) is 5.85. The Labute approximate surface area is 144 Å². The van der Waals surface area contributed by atoms with Gasteiger partial charge in [0.2, 0.25) is 5.91 Å². The number of anilines is 1. The lowest BCUT2D eigenvalue weighted by Crippen LogP contribution is -2.44. The van der Waals surface area contributed by atoms with Gasteiger partial charge in [-0.3, -0.25) is 14.5 Å². The fourth-order valence-corrected chi connectivity index (χ4v) is 2.97. The Bertz CT molecular complexity index is 728. The number of carbonyl (C=O) groups excluding carboxylic acids is 3. The fraction of sp³-hybridized carbons (Fsp3) is 0.438. The van der Waals surface area contributed by atoms with Gasteiger partial charge in [0, 0.05) is 32.4 Å². The molecule has 25 heavy (non-hydrogen) atoms. The Balaban J connectivity index is 1.63. The molecule has 130 valence electrons. The maximum Gasteiger partial charge on any atom is 0.325 e. The second kappa shape index (κ2) is 7.17. The number of nitrogens with zero attached hydrogens (tertiary/aromatic N) is 5. The third kappa shape index (κ3) is 3.52. The number of hydrogen-bond acceptors (Lipinski definition) is 6. The van der Waals surface area contributed by atoms with Gasteiger partial charge in [0.15, 0.2) is 0 Å². The van der Waals surface area contributed by atoms with E-state index in [4.69, 9.17) is 0 Å². The number of amides is 4. The third-order valence-corrected chi connectivity index (χ3v) is 4.29. The molecular weight excluding hydrogens is 324 g/mol. The number of pyridine rings is 1. The zero-order chi connectivity index (χ0) is 17.8. The highest BCUT2D eigenvalue weighted by atomic mass is 16.2. The van der Waals surface area contributed by atoms with Gasteiger partial charge in [0.1, 0.15) is 18.4 Å². The number of nitriles is 1. The van der Waals surface area contributed by atoms with E-state index in [0.29, 0.717) is 44.0 Å². The van der Waals surface area contributed by atoms with Crippen LogP contribution < -0.4 is 10.2 Å². The third-order valence-electron chi connectivity index (χ3n) is 4.29. The molecule has 3 rings (SSSR count). The van der Waals surface area contributed by atoms with Gasteiger partial charge in [-0.1, -0.05) is 0 Å². The van der Waals surface area contributed by atoms with Crippen LogP contribution >= 0.6 is 0 Å². The van der Waals surface area contributed by atoms with Gasteiger partial charge in [0.25, 0.3) is 5.91 Å². The lowest BCUT2D eigenvalue weighted by atomic mass is 10.2. The molecule has 9 nitrogen and oxygen atoms in total. The Morgan fingerprint density at radius 2 is 2.12 bits per heavy atom. The quantitative estimate of drug-likeness (QED) is 0.745. The fourth-order valence-electron chi connectivity index (χ4n) is 2.97. The van der Waals surface area contributed by atoms with E-state index in [-0.39, 0.29) is 24.9 Å². The van der Waals surface area contributed by atoms with Crippen LogP contribution in [-0.4, -0.2) is 71.9 Å². The first-order valence-corrected chi connectivity index (χ1v) is 8.06. The summed E-state index contributed by atoms with van der Waals surface area (Å²) < 4.78 is 0. The predicted molar refractivity (Wildman–Crippen MR) is 87.5 cm³/mol.